The fourth-order valence-corrected chi connectivity index (χ4v) is 3.45. The van der Waals surface area contributed by atoms with Gasteiger partial charge in [0.15, 0.2) is 2.69 Å². The van der Waals surface area contributed by atoms with Gasteiger partial charge in [0, 0.05) is 5.92 Å². The van der Waals surface area contributed by atoms with E-state index in [0.29, 0.717) is 0 Å². The highest BCUT2D eigenvalue weighted by atomic mass is 79.9. The Bertz CT molecular complexity index is 262. The van der Waals surface area contributed by atoms with Crippen molar-refractivity contribution >= 4 is 71.9 Å². The van der Waals surface area contributed by atoms with E-state index < -0.39 is 8.07 Å². The molecule has 0 amide bonds. The fourth-order valence-electron chi connectivity index (χ4n) is 1.86. The Morgan fingerprint density at radius 2 is 1.93 bits per heavy atom. The topological polar surface area (TPSA) is 17.1 Å². The van der Waals surface area contributed by atoms with Gasteiger partial charge in [0.25, 0.3) is 0 Å². The van der Waals surface area contributed by atoms with Crippen molar-refractivity contribution in [3.63, 3.8) is 0 Å². The molecule has 0 aromatic heterocycles. The van der Waals surface area contributed by atoms with Gasteiger partial charge in [0.05, 0.1) is 5.38 Å². The van der Waals surface area contributed by atoms with E-state index in [0.717, 1.165) is 0 Å². The number of alkyl halides is 4. The molecule has 0 aromatic rings. The van der Waals surface area contributed by atoms with E-state index in [9.17, 15) is 4.79 Å². The maximum atomic E-state index is 11.1. The number of rotatable bonds is 3. The molecule has 6 heteroatoms. The molecular weight excluding hydrogens is 378 g/mol. The first-order valence-electron chi connectivity index (χ1n) is 4.00. The van der Waals surface area contributed by atoms with Crippen LogP contribution in [0.2, 0.25) is 0 Å². The minimum Gasteiger partial charge on any atom is -0.281 e. The average Bonchev–Trinajstić information content (AvgIpc) is 2.49. The minimum absolute atomic E-state index is 0.00887. The zero-order valence-electron chi connectivity index (χ0n) is 7.53. The third kappa shape index (κ3) is 2.42. The highest BCUT2D eigenvalue weighted by molar-refractivity contribution is 9.26. The first-order chi connectivity index (χ1) is 6.10. The van der Waals surface area contributed by atoms with Gasteiger partial charge in [0.2, 0.25) is 5.24 Å². The van der Waals surface area contributed by atoms with Crippen molar-refractivity contribution in [1.82, 2.24) is 0 Å². The van der Waals surface area contributed by atoms with E-state index >= 15 is 0 Å². The van der Waals surface area contributed by atoms with Crippen LogP contribution in [-0.2, 0) is 4.79 Å². The van der Waals surface area contributed by atoms with Crippen LogP contribution < -0.4 is 0 Å². The van der Waals surface area contributed by atoms with Crippen LogP contribution in [0, 0.1) is 17.3 Å². The average molecular weight is 387 g/mol. The molecule has 1 aliphatic carbocycles. The minimum atomic E-state index is -0.884. The zero-order valence-corrected chi connectivity index (χ0v) is 13.0. The highest BCUT2D eigenvalue weighted by Gasteiger charge is 2.66. The second-order valence-electron chi connectivity index (χ2n) is 4.07. The van der Waals surface area contributed by atoms with Gasteiger partial charge in [-0.25, -0.2) is 0 Å². The number of carbonyl (C=O) groups excluding carboxylic acids is 1. The number of hydrogen-bond acceptors (Lipinski definition) is 1. The summed E-state index contributed by atoms with van der Waals surface area (Å²) >= 11 is 24.0. The fraction of sp³-hybridized carbons (Fsp3) is 0.875. The van der Waals surface area contributed by atoms with Gasteiger partial charge < -0.3 is 0 Å². The van der Waals surface area contributed by atoms with Crippen molar-refractivity contribution in [3.05, 3.63) is 0 Å². The van der Waals surface area contributed by atoms with Crippen molar-refractivity contribution in [2.45, 2.75) is 21.9 Å². The van der Waals surface area contributed by atoms with Crippen LogP contribution >= 0.6 is 66.7 Å². The predicted octanol–water partition coefficient (Wildman–Crippen LogP) is 4.31. The van der Waals surface area contributed by atoms with E-state index in [4.69, 9.17) is 34.8 Å². The van der Waals surface area contributed by atoms with Crippen molar-refractivity contribution < 1.29 is 4.79 Å². The van der Waals surface area contributed by atoms with Gasteiger partial charge in [-0.3, -0.25) is 4.79 Å². The predicted molar refractivity (Wildman–Crippen MR) is 67.7 cm³/mol. The number of hydrogen-bond donors (Lipinski definition) is 0. The molecule has 0 radical (unpaired) electrons. The van der Waals surface area contributed by atoms with Gasteiger partial charge in [-0.15, -0.1) is 11.6 Å². The molecule has 1 nitrogen and oxygen atoms in total. The molecule has 0 aromatic carbocycles. The summed E-state index contributed by atoms with van der Waals surface area (Å²) in [6.07, 6.45) is 0. The smallest absolute Gasteiger partial charge is 0.225 e. The van der Waals surface area contributed by atoms with Gasteiger partial charge in [-0.1, -0.05) is 57.3 Å². The third-order valence-corrected chi connectivity index (χ3v) is 5.48. The lowest BCUT2D eigenvalue weighted by atomic mass is 10.1. The van der Waals surface area contributed by atoms with E-state index in [1.165, 1.54) is 0 Å². The van der Waals surface area contributed by atoms with Crippen LogP contribution in [0.3, 0.4) is 0 Å². The van der Waals surface area contributed by atoms with Gasteiger partial charge in [-0.2, -0.15) is 0 Å². The molecule has 3 atom stereocenters. The molecule has 0 heterocycles. The second-order valence-corrected chi connectivity index (χ2v) is 9.99. The van der Waals surface area contributed by atoms with Crippen LogP contribution in [0.5, 0.6) is 0 Å². The molecule has 0 N–H and O–H groups in total. The maximum Gasteiger partial charge on any atom is 0.225 e. The Balaban J connectivity index is 2.79. The van der Waals surface area contributed by atoms with Crippen LogP contribution in [-0.4, -0.2) is 13.3 Å². The standard InChI is InChI=1S/C8H9Br2Cl3O/c1-7(2)3(4(7)6(12)14)5(11)8(9,10)13/h3-5H,1-2H3/t3-,4-,5?/m0/s1. The molecular formula is C8H9Br2Cl3O. The summed E-state index contributed by atoms with van der Waals surface area (Å²) in [5.74, 6) is -0.217. The van der Waals surface area contributed by atoms with E-state index in [2.05, 4.69) is 31.9 Å². The Morgan fingerprint density at radius 3 is 2.14 bits per heavy atom. The molecule has 1 unspecified atom stereocenters. The van der Waals surface area contributed by atoms with E-state index in [1.54, 1.807) is 0 Å². The summed E-state index contributed by atoms with van der Waals surface area (Å²) in [6.45, 7) is 3.92. The molecule has 82 valence electrons. The summed E-state index contributed by atoms with van der Waals surface area (Å²) in [4.78, 5) is 11.1. The number of carbonyl (C=O) groups is 1. The molecule has 0 saturated heterocycles. The van der Waals surface area contributed by atoms with Crippen molar-refractivity contribution in [3.8, 4) is 0 Å². The molecule has 0 spiro atoms. The first-order valence-corrected chi connectivity index (χ1v) is 6.78. The molecule has 0 bridgehead atoms. The summed E-state index contributed by atoms with van der Waals surface area (Å²) in [5, 5.41) is -0.738. The Hall–Kier alpha value is 1.50. The SMILES string of the molecule is CC1(C)[C@H](C(=O)Cl)[C@H]1C(Cl)C(Cl)(Br)Br. The molecule has 1 fully saturated rings. The highest BCUT2D eigenvalue weighted by Crippen LogP contribution is 2.65. The van der Waals surface area contributed by atoms with Crippen LogP contribution in [0.1, 0.15) is 13.8 Å². The van der Waals surface area contributed by atoms with Crippen molar-refractivity contribution in [2.75, 3.05) is 0 Å². The lowest BCUT2D eigenvalue weighted by Gasteiger charge is -2.19. The largest absolute Gasteiger partial charge is 0.281 e. The van der Waals surface area contributed by atoms with E-state index in [-0.39, 0.29) is 22.5 Å². The van der Waals surface area contributed by atoms with Crippen LogP contribution in [0.25, 0.3) is 0 Å². The lowest BCUT2D eigenvalue weighted by molar-refractivity contribution is -0.113. The van der Waals surface area contributed by atoms with Crippen LogP contribution in [0.15, 0.2) is 0 Å². The van der Waals surface area contributed by atoms with Crippen molar-refractivity contribution in [2.24, 2.45) is 17.3 Å². The zero-order chi connectivity index (χ0) is 11.3. The Labute approximate surface area is 115 Å². The Morgan fingerprint density at radius 1 is 1.50 bits per heavy atom. The quantitative estimate of drug-likeness (QED) is 0.521. The Kier molecular flexibility index (Phi) is 3.94. The summed E-state index contributed by atoms with van der Waals surface area (Å²) in [7, 11) is 0. The lowest BCUT2D eigenvalue weighted by Crippen LogP contribution is -2.23. The van der Waals surface area contributed by atoms with E-state index in [1.807, 2.05) is 13.8 Å². The molecule has 0 aliphatic heterocycles. The first kappa shape index (κ1) is 13.6. The van der Waals surface area contributed by atoms with Crippen LogP contribution in [0.4, 0.5) is 0 Å². The number of halogens is 5. The normalized spacial score (nSPS) is 32.5. The second kappa shape index (κ2) is 4.06. The molecule has 14 heavy (non-hydrogen) atoms. The summed E-state index contributed by atoms with van der Waals surface area (Å²) < 4.78 is -0.884. The van der Waals surface area contributed by atoms with Gasteiger partial charge in [0.1, 0.15) is 0 Å². The summed E-state index contributed by atoms with van der Waals surface area (Å²) in [6, 6.07) is 0. The molecule has 1 aliphatic rings. The van der Waals surface area contributed by atoms with Gasteiger partial charge in [-0.05, 0) is 22.9 Å². The maximum absolute atomic E-state index is 11.1. The monoisotopic (exact) mass is 384 g/mol. The van der Waals surface area contributed by atoms with Crippen molar-refractivity contribution in [1.29, 1.82) is 0 Å². The molecule has 1 saturated carbocycles. The van der Waals surface area contributed by atoms with Gasteiger partial charge >= 0.3 is 0 Å². The third-order valence-electron chi connectivity index (χ3n) is 2.78. The molecule has 1 rings (SSSR count). The summed E-state index contributed by atoms with van der Waals surface area (Å²) in [5.41, 5.74) is -0.174.